The third-order valence-electron chi connectivity index (χ3n) is 6.58. The Morgan fingerprint density at radius 2 is 1.86 bits per heavy atom. The molecule has 2 heterocycles. The SMILES string of the molecule is CCOC(=O)C1=C(C)N=c2s/c(=C/c3cc(OC)c(OCc4ccc(Cl)c(Cl)c4)cc3Br)c(=O)n2[C@@H]1c1ccccc1. The third kappa shape index (κ3) is 6.06. The second-order valence-corrected chi connectivity index (χ2v) is 12.0. The number of nitrogens with zero attached hydrogens (tertiary/aromatic N) is 2. The minimum absolute atomic E-state index is 0.213. The van der Waals surface area contributed by atoms with Crippen molar-refractivity contribution >= 4 is 62.5 Å². The van der Waals surface area contributed by atoms with Crippen LogP contribution in [0.25, 0.3) is 6.08 Å². The van der Waals surface area contributed by atoms with Gasteiger partial charge in [-0.15, -0.1) is 0 Å². The molecule has 7 nitrogen and oxygen atoms in total. The molecule has 3 aromatic carbocycles. The zero-order valence-corrected chi connectivity index (χ0v) is 26.7. The Labute approximate surface area is 264 Å². The van der Waals surface area contributed by atoms with Crippen molar-refractivity contribution in [3.05, 3.63) is 123 Å². The molecule has 0 saturated carbocycles. The van der Waals surface area contributed by atoms with Crippen molar-refractivity contribution in [2.24, 2.45) is 4.99 Å². The number of thiazole rings is 1. The van der Waals surface area contributed by atoms with Gasteiger partial charge in [0.15, 0.2) is 16.3 Å². The Bertz CT molecular complexity index is 1890. The number of benzene rings is 3. The lowest BCUT2D eigenvalue weighted by molar-refractivity contribution is -0.139. The van der Waals surface area contributed by atoms with E-state index in [4.69, 9.17) is 37.4 Å². The van der Waals surface area contributed by atoms with Gasteiger partial charge in [0.25, 0.3) is 5.56 Å². The fourth-order valence-electron chi connectivity index (χ4n) is 4.61. The molecule has 0 spiro atoms. The summed E-state index contributed by atoms with van der Waals surface area (Å²) in [5.41, 5.74) is 2.92. The molecule has 11 heteroatoms. The molecular weight excluding hydrogens is 663 g/mol. The number of rotatable bonds is 8. The van der Waals surface area contributed by atoms with Crippen molar-refractivity contribution in [3.63, 3.8) is 0 Å². The maximum Gasteiger partial charge on any atom is 0.338 e. The van der Waals surface area contributed by atoms with Crippen molar-refractivity contribution in [1.82, 2.24) is 4.57 Å². The first kappa shape index (κ1) is 30.1. The second-order valence-electron chi connectivity index (χ2n) is 9.27. The van der Waals surface area contributed by atoms with Crippen molar-refractivity contribution in [3.8, 4) is 11.5 Å². The summed E-state index contributed by atoms with van der Waals surface area (Å²) < 4.78 is 19.7. The average Bonchev–Trinajstić information content (AvgIpc) is 3.28. The molecular formula is C31H25BrCl2N2O5S. The van der Waals surface area contributed by atoms with Crippen molar-refractivity contribution < 1.29 is 19.0 Å². The van der Waals surface area contributed by atoms with Gasteiger partial charge >= 0.3 is 5.97 Å². The number of hydrogen-bond acceptors (Lipinski definition) is 7. The fraction of sp³-hybridized carbons (Fsp3) is 0.194. The van der Waals surface area contributed by atoms with Crippen LogP contribution in [0.4, 0.5) is 0 Å². The van der Waals surface area contributed by atoms with E-state index in [-0.39, 0.29) is 18.8 Å². The van der Waals surface area contributed by atoms with E-state index in [0.29, 0.717) is 52.2 Å². The fourth-order valence-corrected chi connectivity index (χ4v) is 6.40. The van der Waals surface area contributed by atoms with Gasteiger partial charge in [0.05, 0.1) is 45.6 Å². The van der Waals surface area contributed by atoms with E-state index in [9.17, 15) is 9.59 Å². The molecule has 42 heavy (non-hydrogen) atoms. The molecule has 0 unspecified atom stereocenters. The molecule has 1 atom stereocenters. The van der Waals surface area contributed by atoms with E-state index in [1.807, 2.05) is 36.4 Å². The summed E-state index contributed by atoms with van der Waals surface area (Å²) in [4.78, 5) is 32.0. The summed E-state index contributed by atoms with van der Waals surface area (Å²) in [5.74, 6) is 0.499. The number of ether oxygens (including phenoxy) is 3. The predicted molar refractivity (Wildman–Crippen MR) is 168 cm³/mol. The largest absolute Gasteiger partial charge is 0.493 e. The molecule has 0 amide bonds. The van der Waals surface area contributed by atoms with Gasteiger partial charge in [-0.1, -0.05) is 86.9 Å². The van der Waals surface area contributed by atoms with Gasteiger partial charge in [-0.2, -0.15) is 0 Å². The monoisotopic (exact) mass is 686 g/mol. The van der Waals surface area contributed by atoms with Crippen LogP contribution in [0.15, 0.2) is 86.2 Å². The van der Waals surface area contributed by atoms with Gasteiger partial charge in [-0.05, 0) is 60.9 Å². The predicted octanol–water partition coefficient (Wildman–Crippen LogP) is 6.46. The van der Waals surface area contributed by atoms with Crippen molar-refractivity contribution in [2.45, 2.75) is 26.5 Å². The molecule has 4 aromatic rings. The Hall–Kier alpha value is -3.37. The summed E-state index contributed by atoms with van der Waals surface area (Å²) in [5, 5.41) is 0.916. The van der Waals surface area contributed by atoms with Crippen molar-refractivity contribution in [2.75, 3.05) is 13.7 Å². The molecule has 1 aliphatic heterocycles. The number of aromatic nitrogens is 1. The molecule has 0 aliphatic carbocycles. The molecule has 0 saturated heterocycles. The third-order valence-corrected chi connectivity index (χ3v) is 8.99. The first-order chi connectivity index (χ1) is 20.2. The van der Waals surface area contributed by atoms with Crippen LogP contribution in [-0.4, -0.2) is 24.3 Å². The normalized spacial score (nSPS) is 14.8. The zero-order chi connectivity index (χ0) is 30.0. The lowest BCUT2D eigenvalue weighted by atomic mass is 9.96. The number of fused-ring (bicyclic) bond motifs is 1. The van der Waals surface area contributed by atoms with Crippen molar-refractivity contribution in [1.29, 1.82) is 0 Å². The highest BCUT2D eigenvalue weighted by molar-refractivity contribution is 9.10. The maximum absolute atomic E-state index is 13.9. The Kier molecular flexibility index (Phi) is 9.22. The summed E-state index contributed by atoms with van der Waals surface area (Å²) in [6.45, 7) is 3.97. The van der Waals surface area contributed by atoms with E-state index in [1.165, 1.54) is 11.3 Å². The van der Waals surface area contributed by atoms with Gasteiger partial charge in [0.2, 0.25) is 0 Å². The molecule has 1 aliphatic rings. The minimum atomic E-state index is -0.668. The standard InChI is InChI=1S/C31H25BrCl2N2O5S/c1-4-40-30(38)27-17(2)35-31-36(28(27)19-8-6-5-7-9-19)29(37)26(42-31)14-20-13-24(39-3)25(15-21(20)32)41-16-18-10-11-22(33)23(34)12-18/h5-15,28H,4,16H2,1-3H3/b26-14+/t28-/m1/s1. The summed E-state index contributed by atoms with van der Waals surface area (Å²) in [6, 6.07) is 17.6. The zero-order valence-electron chi connectivity index (χ0n) is 22.8. The van der Waals surface area contributed by atoms with Gasteiger partial charge < -0.3 is 14.2 Å². The molecule has 0 fully saturated rings. The first-order valence-corrected chi connectivity index (χ1v) is 15.3. The Balaban J connectivity index is 1.55. The van der Waals surface area contributed by atoms with Crippen LogP contribution in [0.1, 0.15) is 36.6 Å². The Morgan fingerprint density at radius 1 is 1.10 bits per heavy atom. The Morgan fingerprint density at radius 3 is 2.55 bits per heavy atom. The van der Waals surface area contributed by atoms with E-state index < -0.39 is 12.0 Å². The van der Waals surface area contributed by atoms with Gasteiger partial charge in [-0.3, -0.25) is 9.36 Å². The average molecular weight is 688 g/mol. The van der Waals surface area contributed by atoms with Gasteiger partial charge in [0, 0.05) is 4.47 Å². The highest BCUT2D eigenvalue weighted by atomic mass is 79.9. The lowest BCUT2D eigenvalue weighted by Gasteiger charge is -2.24. The van der Waals surface area contributed by atoms with Crippen LogP contribution in [-0.2, 0) is 16.1 Å². The van der Waals surface area contributed by atoms with Gasteiger partial charge in [-0.25, -0.2) is 9.79 Å². The van der Waals surface area contributed by atoms with E-state index >= 15 is 0 Å². The number of methoxy groups -OCH3 is 1. The summed E-state index contributed by atoms with van der Waals surface area (Å²) >= 11 is 17.0. The topological polar surface area (TPSA) is 79.1 Å². The molecule has 1 aromatic heterocycles. The van der Waals surface area contributed by atoms with Crippen LogP contribution in [0.3, 0.4) is 0 Å². The number of carbonyl (C=O) groups is 1. The highest BCUT2D eigenvalue weighted by Gasteiger charge is 2.33. The van der Waals surface area contributed by atoms with Crippen LogP contribution in [0.5, 0.6) is 11.5 Å². The molecule has 0 radical (unpaired) electrons. The lowest BCUT2D eigenvalue weighted by Crippen LogP contribution is -2.39. The molecule has 0 N–H and O–H groups in total. The maximum atomic E-state index is 13.9. The van der Waals surface area contributed by atoms with Gasteiger partial charge in [0.1, 0.15) is 6.61 Å². The number of hydrogen-bond donors (Lipinski definition) is 0. The smallest absolute Gasteiger partial charge is 0.338 e. The van der Waals surface area contributed by atoms with E-state index in [2.05, 4.69) is 20.9 Å². The van der Waals surface area contributed by atoms with Crippen LogP contribution < -0.4 is 24.4 Å². The minimum Gasteiger partial charge on any atom is -0.493 e. The van der Waals surface area contributed by atoms with Crippen LogP contribution in [0, 0.1) is 0 Å². The first-order valence-electron chi connectivity index (χ1n) is 12.9. The summed E-state index contributed by atoms with van der Waals surface area (Å²) in [7, 11) is 1.55. The number of esters is 1. The number of halogens is 3. The highest BCUT2D eigenvalue weighted by Crippen LogP contribution is 2.35. The number of carbonyl (C=O) groups excluding carboxylic acids is 1. The molecule has 5 rings (SSSR count). The quantitative estimate of drug-likeness (QED) is 0.199. The van der Waals surface area contributed by atoms with Crippen LogP contribution >= 0.6 is 50.5 Å². The second kappa shape index (κ2) is 12.9. The van der Waals surface area contributed by atoms with Crippen LogP contribution in [0.2, 0.25) is 10.0 Å². The molecule has 0 bridgehead atoms. The van der Waals surface area contributed by atoms with E-state index in [0.717, 1.165) is 11.1 Å². The van der Waals surface area contributed by atoms with E-state index in [1.54, 1.807) is 55.9 Å². The summed E-state index contributed by atoms with van der Waals surface area (Å²) in [6.07, 6.45) is 1.77. The molecule has 216 valence electrons. The number of allylic oxidation sites excluding steroid dienone is 1.